The van der Waals surface area contributed by atoms with Crippen molar-refractivity contribution in [2.75, 3.05) is 25.5 Å². The number of anilines is 1. The van der Waals surface area contributed by atoms with Crippen LogP contribution in [0.5, 0.6) is 0 Å². The van der Waals surface area contributed by atoms with Gasteiger partial charge in [0.05, 0.1) is 0 Å². The van der Waals surface area contributed by atoms with Crippen LogP contribution in [-0.2, 0) is 0 Å². The van der Waals surface area contributed by atoms with Gasteiger partial charge in [-0.15, -0.1) is 0 Å². The van der Waals surface area contributed by atoms with E-state index in [-0.39, 0.29) is 11.2 Å². The summed E-state index contributed by atoms with van der Waals surface area (Å²) in [6.45, 7) is 5.16. The zero-order valence-electron chi connectivity index (χ0n) is 11.0. The lowest BCUT2D eigenvalue weighted by Gasteiger charge is -2.18. The van der Waals surface area contributed by atoms with Crippen molar-refractivity contribution in [3.05, 3.63) is 29.6 Å². The molecule has 0 radical (unpaired) electrons. The second kappa shape index (κ2) is 3.98. The van der Waals surface area contributed by atoms with Crippen LogP contribution in [-0.4, -0.2) is 20.6 Å². The summed E-state index contributed by atoms with van der Waals surface area (Å²) < 4.78 is 13.3. The lowest BCUT2D eigenvalue weighted by Crippen LogP contribution is -2.12. The quantitative estimate of drug-likeness (QED) is 0.874. The Bertz CT molecular complexity index is 426. The van der Waals surface area contributed by atoms with E-state index in [4.69, 9.17) is 5.73 Å². The summed E-state index contributed by atoms with van der Waals surface area (Å²) in [4.78, 5) is 1.97. The molecule has 1 aliphatic rings. The summed E-state index contributed by atoms with van der Waals surface area (Å²) in [6.07, 6.45) is 0. The van der Waals surface area contributed by atoms with Crippen LogP contribution in [0.4, 0.5) is 10.1 Å². The van der Waals surface area contributed by atoms with Gasteiger partial charge in [0.25, 0.3) is 0 Å². The van der Waals surface area contributed by atoms with Gasteiger partial charge in [-0.2, -0.15) is 0 Å². The topological polar surface area (TPSA) is 29.3 Å². The van der Waals surface area contributed by atoms with Crippen molar-refractivity contribution in [3.8, 4) is 0 Å². The molecule has 2 unspecified atom stereocenters. The van der Waals surface area contributed by atoms with Crippen LogP contribution in [0.1, 0.15) is 25.3 Å². The van der Waals surface area contributed by atoms with Gasteiger partial charge in [-0.05, 0) is 41.5 Å². The van der Waals surface area contributed by atoms with Gasteiger partial charge in [-0.25, -0.2) is 4.39 Å². The molecule has 17 heavy (non-hydrogen) atoms. The minimum Gasteiger partial charge on any atom is -0.377 e. The van der Waals surface area contributed by atoms with Crippen LogP contribution in [0, 0.1) is 17.2 Å². The SMILES string of the molecule is CN(C)c1cc(F)ccc1C1C(CN)C1(C)C. The van der Waals surface area contributed by atoms with E-state index in [1.807, 2.05) is 25.1 Å². The molecule has 0 aliphatic heterocycles. The maximum atomic E-state index is 13.3. The van der Waals surface area contributed by atoms with Crippen LogP contribution in [0.25, 0.3) is 0 Å². The van der Waals surface area contributed by atoms with E-state index in [1.54, 1.807) is 12.1 Å². The Hall–Kier alpha value is -1.09. The first-order valence-electron chi connectivity index (χ1n) is 6.06. The van der Waals surface area contributed by atoms with Crippen molar-refractivity contribution in [1.29, 1.82) is 0 Å². The maximum Gasteiger partial charge on any atom is 0.125 e. The number of nitrogens with two attached hydrogens (primary N) is 1. The molecule has 1 saturated carbocycles. The normalized spacial score (nSPS) is 25.8. The number of nitrogens with zero attached hydrogens (tertiary/aromatic N) is 1. The van der Waals surface area contributed by atoms with Gasteiger partial charge >= 0.3 is 0 Å². The molecule has 2 nitrogen and oxygen atoms in total. The molecule has 2 N–H and O–H groups in total. The summed E-state index contributed by atoms with van der Waals surface area (Å²) in [5, 5.41) is 0. The lowest BCUT2D eigenvalue weighted by molar-refractivity contribution is 0.558. The van der Waals surface area contributed by atoms with Gasteiger partial charge in [0.2, 0.25) is 0 Å². The zero-order chi connectivity index (χ0) is 12.8. The fourth-order valence-electron chi connectivity index (χ4n) is 2.97. The molecule has 2 atom stereocenters. The van der Waals surface area contributed by atoms with E-state index in [9.17, 15) is 4.39 Å². The second-order valence-corrected chi connectivity index (χ2v) is 5.74. The average Bonchev–Trinajstić information content (AvgIpc) is 2.80. The van der Waals surface area contributed by atoms with Gasteiger partial charge in [0.15, 0.2) is 0 Å². The van der Waals surface area contributed by atoms with E-state index in [1.165, 1.54) is 5.56 Å². The van der Waals surface area contributed by atoms with E-state index < -0.39 is 0 Å². The minimum absolute atomic E-state index is 0.180. The van der Waals surface area contributed by atoms with Crippen molar-refractivity contribution in [2.24, 2.45) is 17.1 Å². The predicted molar refractivity (Wildman–Crippen MR) is 69.8 cm³/mol. The summed E-state index contributed by atoms with van der Waals surface area (Å²) in [5.74, 6) is 0.775. The van der Waals surface area contributed by atoms with Crippen molar-refractivity contribution in [3.63, 3.8) is 0 Å². The number of rotatable bonds is 3. The van der Waals surface area contributed by atoms with Gasteiger partial charge in [0.1, 0.15) is 5.82 Å². The standard InChI is InChI=1S/C14H21FN2/c1-14(2)11(8-16)13(14)10-6-5-9(15)7-12(10)17(3)4/h5-7,11,13H,8,16H2,1-4H3. The third kappa shape index (κ3) is 1.93. The Kier molecular flexibility index (Phi) is 2.90. The number of halogens is 1. The van der Waals surface area contributed by atoms with Crippen LogP contribution >= 0.6 is 0 Å². The Morgan fingerprint density at radius 3 is 2.47 bits per heavy atom. The third-order valence-corrected chi connectivity index (χ3v) is 4.11. The smallest absolute Gasteiger partial charge is 0.125 e. The van der Waals surface area contributed by atoms with E-state index >= 15 is 0 Å². The molecule has 2 rings (SSSR count). The first-order chi connectivity index (χ1) is 7.89. The summed E-state index contributed by atoms with van der Waals surface area (Å²) in [7, 11) is 3.90. The monoisotopic (exact) mass is 236 g/mol. The minimum atomic E-state index is -0.180. The Labute approximate surface area is 103 Å². The Morgan fingerprint density at radius 1 is 1.35 bits per heavy atom. The van der Waals surface area contributed by atoms with Gasteiger partial charge in [-0.1, -0.05) is 19.9 Å². The molecule has 1 fully saturated rings. The Morgan fingerprint density at radius 2 is 2.00 bits per heavy atom. The number of hydrogen-bond acceptors (Lipinski definition) is 2. The van der Waals surface area contributed by atoms with Crippen molar-refractivity contribution in [1.82, 2.24) is 0 Å². The molecule has 94 valence electrons. The first kappa shape index (κ1) is 12.4. The molecular weight excluding hydrogens is 215 g/mol. The highest BCUT2D eigenvalue weighted by molar-refractivity contribution is 5.57. The second-order valence-electron chi connectivity index (χ2n) is 5.74. The molecular formula is C14H21FN2. The maximum absolute atomic E-state index is 13.3. The van der Waals surface area contributed by atoms with Crippen LogP contribution in [0.3, 0.4) is 0 Å². The van der Waals surface area contributed by atoms with E-state index in [2.05, 4.69) is 13.8 Å². The highest BCUT2D eigenvalue weighted by atomic mass is 19.1. The van der Waals surface area contributed by atoms with Crippen LogP contribution in [0.15, 0.2) is 18.2 Å². The zero-order valence-corrected chi connectivity index (χ0v) is 11.0. The van der Waals surface area contributed by atoms with Gasteiger partial charge in [-0.3, -0.25) is 0 Å². The summed E-state index contributed by atoms with van der Waals surface area (Å²) >= 11 is 0. The summed E-state index contributed by atoms with van der Waals surface area (Å²) in [5.41, 5.74) is 8.23. The number of benzene rings is 1. The fraction of sp³-hybridized carbons (Fsp3) is 0.571. The van der Waals surface area contributed by atoms with Crippen LogP contribution in [0.2, 0.25) is 0 Å². The lowest BCUT2D eigenvalue weighted by atomic mass is 10.0. The molecule has 0 aromatic heterocycles. The molecule has 0 heterocycles. The molecule has 3 heteroatoms. The molecule has 1 aromatic rings. The third-order valence-electron chi connectivity index (χ3n) is 4.11. The number of hydrogen-bond donors (Lipinski definition) is 1. The molecule has 1 aliphatic carbocycles. The van der Waals surface area contributed by atoms with Crippen molar-refractivity contribution < 1.29 is 4.39 Å². The predicted octanol–water partition coefficient (Wildman–Crippen LogP) is 2.59. The molecule has 0 amide bonds. The fourth-order valence-corrected chi connectivity index (χ4v) is 2.97. The van der Waals surface area contributed by atoms with Gasteiger partial charge < -0.3 is 10.6 Å². The molecule has 1 aromatic carbocycles. The average molecular weight is 236 g/mol. The van der Waals surface area contributed by atoms with Crippen LogP contribution < -0.4 is 10.6 Å². The highest BCUT2D eigenvalue weighted by Crippen LogP contribution is 2.65. The van der Waals surface area contributed by atoms with E-state index in [0.29, 0.717) is 18.4 Å². The summed E-state index contributed by atoms with van der Waals surface area (Å²) in [6, 6.07) is 5.06. The Balaban J connectivity index is 2.40. The molecule has 0 saturated heterocycles. The molecule has 0 bridgehead atoms. The van der Waals surface area contributed by atoms with Gasteiger partial charge in [0, 0.05) is 19.8 Å². The largest absolute Gasteiger partial charge is 0.377 e. The molecule has 0 spiro atoms. The van der Waals surface area contributed by atoms with Crippen molar-refractivity contribution in [2.45, 2.75) is 19.8 Å². The highest BCUT2D eigenvalue weighted by Gasteiger charge is 2.57. The van der Waals surface area contributed by atoms with E-state index in [0.717, 1.165) is 5.69 Å². The van der Waals surface area contributed by atoms with Crippen molar-refractivity contribution >= 4 is 5.69 Å². The first-order valence-corrected chi connectivity index (χ1v) is 6.06.